The molecule has 1 aromatic rings. The first-order valence-electron chi connectivity index (χ1n) is 8.43. The molecule has 2 amide bonds. The minimum absolute atomic E-state index is 0.0343. The number of amides is 2. The molecule has 0 aromatic heterocycles. The van der Waals surface area contributed by atoms with E-state index >= 15 is 0 Å². The minimum Gasteiger partial charge on any atom is -0.379 e. The number of rotatable bonds is 2. The third kappa shape index (κ3) is 5.32. The van der Waals surface area contributed by atoms with Crippen molar-refractivity contribution in [3.8, 4) is 0 Å². The Bertz CT molecular complexity index is 557. The van der Waals surface area contributed by atoms with E-state index in [4.69, 9.17) is 4.74 Å². The highest BCUT2D eigenvalue weighted by atomic mass is 16.5. The Morgan fingerprint density at radius 3 is 2.54 bits per heavy atom. The standard InChI is InChI=1S/C18H27N3O3/c1-12(2)16-11-24-9-8-17(22)20-14-6-4-13(5-7-14)10-15(19-3)18(23)21-16/h4-7,12,15-16,19H,8-11H2,1-3H3,(H,20,22)(H,21,23)/t15-,16?/m1/s1. The highest BCUT2D eigenvalue weighted by Gasteiger charge is 2.23. The van der Waals surface area contributed by atoms with Gasteiger partial charge in [-0.15, -0.1) is 0 Å². The van der Waals surface area contributed by atoms with Crippen LogP contribution >= 0.6 is 0 Å². The van der Waals surface area contributed by atoms with Crippen molar-refractivity contribution < 1.29 is 14.3 Å². The van der Waals surface area contributed by atoms with Gasteiger partial charge in [0.15, 0.2) is 0 Å². The van der Waals surface area contributed by atoms with Gasteiger partial charge in [-0.25, -0.2) is 0 Å². The molecule has 0 saturated heterocycles. The molecule has 0 saturated carbocycles. The van der Waals surface area contributed by atoms with Crippen molar-refractivity contribution in [2.75, 3.05) is 25.6 Å². The number of ether oxygens (including phenoxy) is 1. The Hall–Kier alpha value is -1.92. The highest BCUT2D eigenvalue weighted by molar-refractivity contribution is 5.90. The summed E-state index contributed by atoms with van der Waals surface area (Å²) < 4.78 is 5.60. The molecule has 2 aliphatic heterocycles. The Labute approximate surface area is 143 Å². The fourth-order valence-corrected chi connectivity index (χ4v) is 2.57. The number of anilines is 1. The molecule has 132 valence electrons. The second-order valence-corrected chi connectivity index (χ2v) is 6.47. The highest BCUT2D eigenvalue weighted by Crippen LogP contribution is 2.13. The van der Waals surface area contributed by atoms with Gasteiger partial charge in [0.05, 0.1) is 31.7 Å². The topological polar surface area (TPSA) is 79.5 Å². The van der Waals surface area contributed by atoms with Crippen molar-refractivity contribution in [1.29, 1.82) is 0 Å². The smallest absolute Gasteiger partial charge is 0.237 e. The number of likely N-dealkylation sites (N-methyl/N-ethyl adjacent to an activating group) is 1. The van der Waals surface area contributed by atoms with E-state index in [1.165, 1.54) is 0 Å². The first kappa shape index (κ1) is 18.4. The molecule has 0 fully saturated rings. The van der Waals surface area contributed by atoms with Gasteiger partial charge < -0.3 is 20.7 Å². The third-order valence-electron chi connectivity index (χ3n) is 4.25. The van der Waals surface area contributed by atoms with E-state index in [0.29, 0.717) is 26.1 Å². The van der Waals surface area contributed by atoms with E-state index in [0.717, 1.165) is 11.3 Å². The number of hydrogen-bond donors (Lipinski definition) is 3. The summed E-state index contributed by atoms with van der Waals surface area (Å²) in [6.07, 6.45) is 0.877. The molecule has 2 heterocycles. The summed E-state index contributed by atoms with van der Waals surface area (Å²) in [6.45, 7) is 4.82. The summed E-state index contributed by atoms with van der Waals surface area (Å²) in [5.41, 5.74) is 1.79. The lowest BCUT2D eigenvalue weighted by Crippen LogP contribution is -2.50. The van der Waals surface area contributed by atoms with E-state index in [-0.39, 0.29) is 29.8 Å². The fraction of sp³-hybridized carbons (Fsp3) is 0.556. The van der Waals surface area contributed by atoms with Gasteiger partial charge >= 0.3 is 0 Å². The lowest BCUT2D eigenvalue weighted by atomic mass is 10.0. The van der Waals surface area contributed by atoms with Crippen LogP contribution in [0.15, 0.2) is 24.3 Å². The fourth-order valence-electron chi connectivity index (χ4n) is 2.57. The van der Waals surface area contributed by atoms with Gasteiger partial charge in [-0.1, -0.05) is 26.0 Å². The Balaban J connectivity index is 2.18. The zero-order chi connectivity index (χ0) is 17.5. The van der Waals surface area contributed by atoms with Gasteiger partial charge in [-0.05, 0) is 37.1 Å². The second-order valence-electron chi connectivity index (χ2n) is 6.47. The van der Waals surface area contributed by atoms with Crippen LogP contribution in [0.4, 0.5) is 5.69 Å². The number of carbonyl (C=O) groups is 2. The number of hydrogen-bond acceptors (Lipinski definition) is 4. The first-order chi connectivity index (χ1) is 11.5. The molecule has 3 rings (SSSR count). The average Bonchev–Trinajstić information content (AvgIpc) is 2.56. The van der Waals surface area contributed by atoms with Crippen LogP contribution in [0, 0.1) is 5.92 Å². The monoisotopic (exact) mass is 333 g/mol. The van der Waals surface area contributed by atoms with Crippen LogP contribution in [-0.4, -0.2) is 44.2 Å². The molecular formula is C18H27N3O3. The lowest BCUT2D eigenvalue weighted by molar-refractivity contribution is -0.125. The molecule has 2 atom stereocenters. The molecular weight excluding hydrogens is 306 g/mol. The molecule has 6 nitrogen and oxygen atoms in total. The minimum atomic E-state index is -0.309. The lowest BCUT2D eigenvalue weighted by Gasteiger charge is -2.25. The average molecular weight is 333 g/mol. The van der Waals surface area contributed by atoms with Gasteiger partial charge in [-0.3, -0.25) is 9.59 Å². The number of benzene rings is 1. The zero-order valence-corrected chi connectivity index (χ0v) is 14.6. The Kier molecular flexibility index (Phi) is 6.75. The number of fused-ring (bicyclic) bond motifs is 12. The number of carbonyl (C=O) groups excluding carboxylic acids is 2. The van der Waals surface area contributed by atoms with Crippen molar-refractivity contribution in [3.05, 3.63) is 29.8 Å². The third-order valence-corrected chi connectivity index (χ3v) is 4.25. The van der Waals surface area contributed by atoms with E-state index in [1.54, 1.807) is 7.05 Å². The molecule has 2 aliphatic rings. The first-order valence-corrected chi connectivity index (χ1v) is 8.43. The van der Waals surface area contributed by atoms with Crippen LogP contribution in [0.25, 0.3) is 0 Å². The molecule has 1 unspecified atom stereocenters. The van der Waals surface area contributed by atoms with Gasteiger partial charge in [0, 0.05) is 5.69 Å². The van der Waals surface area contributed by atoms with Crippen LogP contribution in [0.2, 0.25) is 0 Å². The van der Waals surface area contributed by atoms with Crippen molar-refractivity contribution in [1.82, 2.24) is 10.6 Å². The van der Waals surface area contributed by atoms with E-state index in [1.807, 2.05) is 38.1 Å². The zero-order valence-electron chi connectivity index (χ0n) is 14.6. The van der Waals surface area contributed by atoms with E-state index < -0.39 is 0 Å². The second kappa shape index (κ2) is 8.80. The van der Waals surface area contributed by atoms with Crippen molar-refractivity contribution in [2.45, 2.75) is 38.8 Å². The van der Waals surface area contributed by atoms with Gasteiger partial charge in [0.1, 0.15) is 0 Å². The predicted molar refractivity (Wildman–Crippen MR) is 93.8 cm³/mol. The predicted octanol–water partition coefficient (Wildman–Crippen LogP) is 1.32. The normalized spacial score (nSPS) is 23.3. The van der Waals surface area contributed by atoms with Crippen LogP contribution < -0.4 is 16.0 Å². The summed E-state index contributed by atoms with van der Waals surface area (Å²) >= 11 is 0. The van der Waals surface area contributed by atoms with Gasteiger partial charge in [-0.2, -0.15) is 0 Å². The largest absolute Gasteiger partial charge is 0.379 e. The number of nitrogens with one attached hydrogen (secondary N) is 3. The maximum atomic E-state index is 12.6. The van der Waals surface area contributed by atoms with E-state index in [9.17, 15) is 9.59 Å². The Morgan fingerprint density at radius 2 is 1.92 bits per heavy atom. The van der Waals surface area contributed by atoms with Crippen molar-refractivity contribution >= 4 is 17.5 Å². The van der Waals surface area contributed by atoms with Crippen LogP contribution in [-0.2, 0) is 20.7 Å². The molecule has 0 radical (unpaired) electrons. The summed E-state index contributed by atoms with van der Waals surface area (Å²) in [7, 11) is 1.79. The van der Waals surface area contributed by atoms with Crippen LogP contribution in [0.1, 0.15) is 25.8 Å². The van der Waals surface area contributed by atoms with Crippen LogP contribution in [0.3, 0.4) is 0 Å². The maximum Gasteiger partial charge on any atom is 0.237 e. The van der Waals surface area contributed by atoms with Gasteiger partial charge in [0.25, 0.3) is 0 Å². The van der Waals surface area contributed by atoms with Gasteiger partial charge in [0.2, 0.25) is 11.8 Å². The maximum absolute atomic E-state index is 12.6. The molecule has 24 heavy (non-hydrogen) atoms. The Morgan fingerprint density at radius 1 is 1.21 bits per heavy atom. The SMILES string of the molecule is CN[C@@H]1Cc2ccc(cc2)NC(=O)CCOCC(C(C)C)NC1=O. The molecule has 3 N–H and O–H groups in total. The summed E-state index contributed by atoms with van der Waals surface area (Å²) in [6, 6.07) is 7.19. The van der Waals surface area contributed by atoms with E-state index in [2.05, 4.69) is 16.0 Å². The van der Waals surface area contributed by atoms with Crippen molar-refractivity contribution in [3.63, 3.8) is 0 Å². The van der Waals surface area contributed by atoms with Crippen molar-refractivity contribution in [2.24, 2.45) is 5.92 Å². The molecule has 0 spiro atoms. The molecule has 6 heteroatoms. The quantitative estimate of drug-likeness (QED) is 0.763. The van der Waals surface area contributed by atoms with Crippen LogP contribution in [0.5, 0.6) is 0 Å². The summed E-state index contributed by atoms with van der Waals surface area (Å²) in [4.78, 5) is 24.5. The molecule has 0 aliphatic carbocycles. The summed E-state index contributed by atoms with van der Waals surface area (Å²) in [5, 5.41) is 8.99. The molecule has 1 aromatic carbocycles. The summed E-state index contributed by atoms with van der Waals surface area (Å²) in [5.74, 6) is 0.138. The molecule has 2 bridgehead atoms.